The van der Waals surface area contributed by atoms with Crippen LogP contribution in [0.25, 0.3) is 0 Å². The lowest BCUT2D eigenvalue weighted by molar-refractivity contribution is 0.422. The zero-order chi connectivity index (χ0) is 11.7. The molecule has 4 nitrogen and oxygen atoms in total. The van der Waals surface area contributed by atoms with Gasteiger partial charge in [-0.05, 0) is 25.7 Å². The van der Waals surface area contributed by atoms with Crippen LogP contribution in [-0.2, 0) is 0 Å². The SMILES string of the molecule is Cc1nnc(C(N)C(C)C)n1C1CCCC1. The fourth-order valence-electron chi connectivity index (χ4n) is 2.52. The highest BCUT2D eigenvalue weighted by atomic mass is 15.3. The van der Waals surface area contributed by atoms with Gasteiger partial charge in [-0.2, -0.15) is 0 Å². The number of aryl methyl sites for hydroxylation is 1. The second-order valence-electron chi connectivity index (χ2n) is 5.18. The molecule has 0 aliphatic heterocycles. The van der Waals surface area contributed by atoms with Crippen LogP contribution in [0.1, 0.15) is 63.3 Å². The van der Waals surface area contributed by atoms with E-state index in [0.29, 0.717) is 12.0 Å². The van der Waals surface area contributed by atoms with Crippen LogP contribution in [-0.4, -0.2) is 14.8 Å². The van der Waals surface area contributed by atoms with Crippen LogP contribution in [0, 0.1) is 12.8 Å². The lowest BCUT2D eigenvalue weighted by Crippen LogP contribution is -2.23. The van der Waals surface area contributed by atoms with E-state index in [-0.39, 0.29) is 6.04 Å². The first-order valence-electron chi connectivity index (χ1n) is 6.28. The third-order valence-corrected chi connectivity index (χ3v) is 3.60. The summed E-state index contributed by atoms with van der Waals surface area (Å²) in [5, 5.41) is 8.47. The molecule has 1 fully saturated rings. The monoisotopic (exact) mass is 222 g/mol. The van der Waals surface area contributed by atoms with Crippen LogP contribution in [0.4, 0.5) is 0 Å². The summed E-state index contributed by atoms with van der Waals surface area (Å²) in [6, 6.07) is 0.580. The van der Waals surface area contributed by atoms with Crippen molar-refractivity contribution >= 4 is 0 Å². The van der Waals surface area contributed by atoms with E-state index < -0.39 is 0 Å². The Labute approximate surface area is 97.2 Å². The van der Waals surface area contributed by atoms with Gasteiger partial charge in [0.2, 0.25) is 0 Å². The normalized spacial score (nSPS) is 19.6. The lowest BCUT2D eigenvalue weighted by atomic mass is 10.0. The Bertz CT molecular complexity index is 350. The molecular formula is C12H22N4. The van der Waals surface area contributed by atoms with Gasteiger partial charge in [0.05, 0.1) is 6.04 Å². The Kier molecular flexibility index (Phi) is 3.28. The largest absolute Gasteiger partial charge is 0.321 e. The first-order valence-corrected chi connectivity index (χ1v) is 6.28. The highest BCUT2D eigenvalue weighted by molar-refractivity contribution is 5.03. The number of aromatic nitrogens is 3. The standard InChI is InChI=1S/C12H22N4/c1-8(2)11(13)12-15-14-9(3)16(12)10-6-4-5-7-10/h8,10-11H,4-7,13H2,1-3H3. The molecule has 1 aromatic rings. The molecule has 2 N–H and O–H groups in total. The smallest absolute Gasteiger partial charge is 0.150 e. The van der Waals surface area contributed by atoms with E-state index in [1.807, 2.05) is 6.92 Å². The molecule has 0 bridgehead atoms. The quantitative estimate of drug-likeness (QED) is 0.854. The second kappa shape index (κ2) is 4.53. The summed E-state index contributed by atoms with van der Waals surface area (Å²) in [6.07, 6.45) is 5.13. The number of hydrogen-bond donors (Lipinski definition) is 1. The summed E-state index contributed by atoms with van der Waals surface area (Å²) >= 11 is 0. The van der Waals surface area contributed by atoms with E-state index in [0.717, 1.165) is 11.6 Å². The van der Waals surface area contributed by atoms with E-state index in [1.54, 1.807) is 0 Å². The molecule has 0 amide bonds. The van der Waals surface area contributed by atoms with Crippen molar-refractivity contribution in [2.45, 2.75) is 58.5 Å². The molecule has 1 atom stereocenters. The van der Waals surface area contributed by atoms with Gasteiger partial charge >= 0.3 is 0 Å². The molecule has 0 spiro atoms. The Morgan fingerprint density at radius 3 is 2.44 bits per heavy atom. The van der Waals surface area contributed by atoms with E-state index >= 15 is 0 Å². The second-order valence-corrected chi connectivity index (χ2v) is 5.18. The molecule has 90 valence electrons. The van der Waals surface area contributed by atoms with Gasteiger partial charge in [0.1, 0.15) is 11.6 Å². The van der Waals surface area contributed by atoms with E-state index in [9.17, 15) is 0 Å². The number of nitrogens with zero attached hydrogens (tertiary/aromatic N) is 3. The molecule has 0 saturated heterocycles. The van der Waals surface area contributed by atoms with Gasteiger partial charge in [0.15, 0.2) is 0 Å². The molecule has 1 aromatic heterocycles. The summed E-state index contributed by atoms with van der Waals surface area (Å²) in [4.78, 5) is 0. The van der Waals surface area contributed by atoms with E-state index in [4.69, 9.17) is 5.73 Å². The predicted molar refractivity (Wildman–Crippen MR) is 64.0 cm³/mol. The third-order valence-electron chi connectivity index (χ3n) is 3.60. The molecular weight excluding hydrogens is 200 g/mol. The summed E-state index contributed by atoms with van der Waals surface area (Å²) in [7, 11) is 0. The summed E-state index contributed by atoms with van der Waals surface area (Å²) in [5.74, 6) is 2.39. The van der Waals surface area contributed by atoms with Crippen LogP contribution < -0.4 is 5.73 Å². The first kappa shape index (κ1) is 11.6. The van der Waals surface area contributed by atoms with Crippen LogP contribution in [0.2, 0.25) is 0 Å². The summed E-state index contributed by atoms with van der Waals surface area (Å²) in [6.45, 7) is 6.29. The molecule has 16 heavy (non-hydrogen) atoms. The molecule has 4 heteroatoms. The molecule has 2 rings (SSSR count). The van der Waals surface area contributed by atoms with Crippen molar-refractivity contribution < 1.29 is 0 Å². The van der Waals surface area contributed by atoms with Crippen LogP contribution in [0.3, 0.4) is 0 Å². The molecule has 1 saturated carbocycles. The Morgan fingerprint density at radius 2 is 1.88 bits per heavy atom. The minimum atomic E-state index is 0.00167. The van der Waals surface area contributed by atoms with E-state index in [2.05, 4.69) is 28.6 Å². The molecule has 0 radical (unpaired) electrons. The van der Waals surface area contributed by atoms with Crippen molar-refractivity contribution in [2.75, 3.05) is 0 Å². The average Bonchev–Trinajstić information content (AvgIpc) is 2.84. The Hall–Kier alpha value is -0.900. The van der Waals surface area contributed by atoms with Crippen molar-refractivity contribution in [2.24, 2.45) is 11.7 Å². The van der Waals surface area contributed by atoms with Gasteiger partial charge in [-0.1, -0.05) is 26.7 Å². The zero-order valence-electron chi connectivity index (χ0n) is 10.5. The van der Waals surface area contributed by atoms with Crippen molar-refractivity contribution in [3.8, 4) is 0 Å². The molecule has 1 unspecified atom stereocenters. The summed E-state index contributed by atoms with van der Waals surface area (Å²) in [5.41, 5.74) is 6.20. The highest BCUT2D eigenvalue weighted by Gasteiger charge is 2.26. The highest BCUT2D eigenvalue weighted by Crippen LogP contribution is 2.33. The van der Waals surface area contributed by atoms with Crippen LogP contribution in [0.15, 0.2) is 0 Å². The minimum absolute atomic E-state index is 0.00167. The lowest BCUT2D eigenvalue weighted by Gasteiger charge is -2.21. The maximum atomic E-state index is 6.20. The van der Waals surface area contributed by atoms with Crippen molar-refractivity contribution in [3.05, 3.63) is 11.6 Å². The topological polar surface area (TPSA) is 56.7 Å². The fraction of sp³-hybridized carbons (Fsp3) is 0.833. The van der Waals surface area contributed by atoms with Gasteiger partial charge in [0, 0.05) is 6.04 Å². The van der Waals surface area contributed by atoms with E-state index in [1.165, 1.54) is 25.7 Å². The summed E-state index contributed by atoms with van der Waals surface area (Å²) < 4.78 is 2.28. The Balaban J connectivity index is 2.31. The minimum Gasteiger partial charge on any atom is -0.321 e. The first-order chi connectivity index (χ1) is 7.61. The maximum Gasteiger partial charge on any atom is 0.150 e. The van der Waals surface area contributed by atoms with Crippen molar-refractivity contribution in [3.63, 3.8) is 0 Å². The van der Waals surface area contributed by atoms with Gasteiger partial charge < -0.3 is 10.3 Å². The van der Waals surface area contributed by atoms with Gasteiger partial charge in [-0.3, -0.25) is 0 Å². The number of rotatable bonds is 3. The molecule has 1 aliphatic carbocycles. The fourth-order valence-corrected chi connectivity index (χ4v) is 2.52. The zero-order valence-corrected chi connectivity index (χ0v) is 10.5. The van der Waals surface area contributed by atoms with Gasteiger partial charge in [0.25, 0.3) is 0 Å². The Morgan fingerprint density at radius 1 is 1.25 bits per heavy atom. The third kappa shape index (κ3) is 1.98. The van der Waals surface area contributed by atoms with Crippen LogP contribution >= 0.6 is 0 Å². The average molecular weight is 222 g/mol. The van der Waals surface area contributed by atoms with Crippen molar-refractivity contribution in [1.82, 2.24) is 14.8 Å². The molecule has 1 heterocycles. The maximum absolute atomic E-state index is 6.20. The molecule has 1 aliphatic rings. The van der Waals surface area contributed by atoms with Crippen LogP contribution in [0.5, 0.6) is 0 Å². The number of hydrogen-bond acceptors (Lipinski definition) is 3. The van der Waals surface area contributed by atoms with Crippen molar-refractivity contribution in [1.29, 1.82) is 0 Å². The predicted octanol–water partition coefficient (Wildman–Crippen LogP) is 2.36. The van der Waals surface area contributed by atoms with Gasteiger partial charge in [-0.15, -0.1) is 10.2 Å². The number of nitrogens with two attached hydrogens (primary N) is 1. The van der Waals surface area contributed by atoms with Gasteiger partial charge in [-0.25, -0.2) is 0 Å². The molecule has 0 aromatic carbocycles.